The molecule has 0 bridgehead atoms. The van der Waals surface area contributed by atoms with Crippen LogP contribution in [-0.4, -0.2) is 52.3 Å². The summed E-state index contributed by atoms with van der Waals surface area (Å²) in [5.74, 6) is -0.248. The van der Waals surface area contributed by atoms with E-state index in [1.54, 1.807) is 12.2 Å². The smallest absolute Gasteiger partial charge is 0.462 e. The largest absolute Gasteiger partial charge is 0.469 e. The van der Waals surface area contributed by atoms with Crippen LogP contribution in [0.3, 0.4) is 0 Å². The molecule has 0 heterocycles. The van der Waals surface area contributed by atoms with E-state index in [1.807, 2.05) is 12.2 Å². The lowest BCUT2D eigenvalue weighted by Gasteiger charge is -2.18. The van der Waals surface area contributed by atoms with E-state index in [1.165, 1.54) is 70.6 Å². The van der Waals surface area contributed by atoms with Crippen LogP contribution in [0.2, 0.25) is 0 Å². The molecule has 9 nitrogen and oxygen atoms in total. The van der Waals surface area contributed by atoms with Gasteiger partial charge in [0.1, 0.15) is 6.61 Å². The Bertz CT molecular complexity index is 985. The molecule has 0 aromatic carbocycles. The predicted octanol–water partition coefficient (Wildman–Crippen LogP) is 10.4. The summed E-state index contributed by atoms with van der Waals surface area (Å²) in [4.78, 5) is 42.7. The second-order valence-corrected chi connectivity index (χ2v) is 14.6. The molecule has 290 valence electrons. The SMILES string of the molecule is CCCCC/C=C\C/C=C\C/C=C\C=C\[C@H](O)CCCC(=O)O[C@H](COC(=O)CCCCCCCCCCCCC(C)CC)COP(=O)(O)O. The molecule has 0 saturated heterocycles. The molecule has 0 spiro atoms. The van der Waals surface area contributed by atoms with Gasteiger partial charge in [0.15, 0.2) is 6.10 Å². The Morgan fingerprint density at radius 3 is 1.92 bits per heavy atom. The molecular weight excluding hydrogens is 655 g/mol. The van der Waals surface area contributed by atoms with E-state index in [4.69, 9.17) is 19.3 Å². The van der Waals surface area contributed by atoms with E-state index in [0.29, 0.717) is 19.3 Å². The second-order valence-electron chi connectivity index (χ2n) is 13.4. The van der Waals surface area contributed by atoms with Crippen molar-refractivity contribution in [3.63, 3.8) is 0 Å². The number of carbonyl (C=O) groups excluding carboxylic acids is 2. The van der Waals surface area contributed by atoms with Crippen LogP contribution in [0.1, 0.15) is 162 Å². The van der Waals surface area contributed by atoms with E-state index < -0.39 is 38.6 Å². The van der Waals surface area contributed by atoms with Crippen molar-refractivity contribution in [3.05, 3.63) is 48.6 Å². The summed E-state index contributed by atoms with van der Waals surface area (Å²) in [5, 5.41) is 10.2. The van der Waals surface area contributed by atoms with Crippen LogP contribution in [0.5, 0.6) is 0 Å². The zero-order valence-electron chi connectivity index (χ0n) is 31.6. The lowest BCUT2D eigenvalue weighted by Crippen LogP contribution is -2.29. The number of hydrogen-bond donors (Lipinski definition) is 3. The maximum absolute atomic E-state index is 12.4. The first kappa shape index (κ1) is 48.0. The third-order valence-electron chi connectivity index (χ3n) is 8.49. The molecule has 3 N–H and O–H groups in total. The minimum Gasteiger partial charge on any atom is -0.462 e. The first-order valence-electron chi connectivity index (χ1n) is 19.4. The van der Waals surface area contributed by atoms with Gasteiger partial charge in [0.2, 0.25) is 0 Å². The summed E-state index contributed by atoms with van der Waals surface area (Å²) in [6, 6.07) is 0. The summed E-state index contributed by atoms with van der Waals surface area (Å²) < 4.78 is 26.2. The van der Waals surface area contributed by atoms with Crippen LogP contribution in [0.4, 0.5) is 0 Å². The Morgan fingerprint density at radius 2 is 1.28 bits per heavy atom. The standard InChI is InChI=1S/C40H71O9P/c1-4-6-7-8-9-10-11-12-13-17-20-23-26-30-37(41)31-28-33-40(43)49-38(35-48-50(44,45)46)34-47-39(42)32-27-24-21-18-15-14-16-19-22-25-29-36(3)5-2/h9-10,12-13,20,23,26,30,36-38,41H,4-8,11,14-19,21-22,24-25,27-29,31-35H2,1-3H3,(H2,44,45,46)/b10-9-,13-12-,23-20-,30-26+/t36?,37-,38+/m0/s1. The van der Waals surface area contributed by atoms with Gasteiger partial charge in [0.25, 0.3) is 0 Å². The van der Waals surface area contributed by atoms with Gasteiger partial charge in [-0.05, 0) is 50.9 Å². The van der Waals surface area contributed by atoms with Crippen molar-refractivity contribution in [2.75, 3.05) is 13.2 Å². The lowest BCUT2D eigenvalue weighted by atomic mass is 9.99. The van der Waals surface area contributed by atoms with Gasteiger partial charge in [-0.1, -0.05) is 153 Å². The Balaban J connectivity index is 4.19. The monoisotopic (exact) mass is 726 g/mol. The van der Waals surface area contributed by atoms with Gasteiger partial charge in [-0.2, -0.15) is 0 Å². The van der Waals surface area contributed by atoms with Crippen molar-refractivity contribution < 1.29 is 43.0 Å². The summed E-state index contributed by atoms with van der Waals surface area (Å²) in [6.45, 7) is 5.82. The fraction of sp³-hybridized carbons (Fsp3) is 0.750. The average molecular weight is 727 g/mol. The molecule has 0 saturated carbocycles. The third-order valence-corrected chi connectivity index (χ3v) is 8.98. The Kier molecular flexibility index (Phi) is 32.7. The molecule has 0 aliphatic rings. The maximum atomic E-state index is 12.4. The molecule has 3 atom stereocenters. The quantitative estimate of drug-likeness (QED) is 0.0194. The van der Waals surface area contributed by atoms with Gasteiger partial charge >= 0.3 is 19.8 Å². The number of aliphatic hydroxyl groups is 1. The molecule has 0 aliphatic carbocycles. The molecule has 10 heteroatoms. The number of esters is 2. The minimum absolute atomic E-state index is 0.0167. The molecular formula is C40H71O9P. The fourth-order valence-corrected chi connectivity index (χ4v) is 5.52. The number of phosphoric acid groups is 1. The molecule has 0 radical (unpaired) electrons. The van der Waals surface area contributed by atoms with Crippen LogP contribution in [0, 0.1) is 5.92 Å². The highest BCUT2D eigenvalue weighted by atomic mass is 31.2. The fourth-order valence-electron chi connectivity index (χ4n) is 5.16. The molecule has 0 aliphatic heterocycles. The first-order chi connectivity index (χ1) is 24.1. The van der Waals surface area contributed by atoms with E-state index in [0.717, 1.165) is 44.4 Å². The minimum atomic E-state index is -4.80. The molecule has 0 aromatic rings. The summed E-state index contributed by atoms with van der Waals surface area (Å²) in [5.41, 5.74) is 0. The molecule has 0 aromatic heterocycles. The predicted molar refractivity (Wildman–Crippen MR) is 203 cm³/mol. The van der Waals surface area contributed by atoms with Crippen molar-refractivity contribution in [1.82, 2.24) is 0 Å². The number of ether oxygens (including phenoxy) is 2. The summed E-state index contributed by atoms with van der Waals surface area (Å²) in [7, 11) is -4.80. The molecule has 0 fully saturated rings. The van der Waals surface area contributed by atoms with E-state index in [-0.39, 0.29) is 19.4 Å². The van der Waals surface area contributed by atoms with Gasteiger partial charge in [0.05, 0.1) is 12.7 Å². The summed E-state index contributed by atoms with van der Waals surface area (Å²) >= 11 is 0. The Hall–Kier alpha value is -2.03. The van der Waals surface area contributed by atoms with Crippen LogP contribution in [-0.2, 0) is 28.2 Å². The Morgan fingerprint density at radius 1 is 0.680 bits per heavy atom. The molecule has 0 amide bonds. The molecule has 0 rings (SSSR count). The van der Waals surface area contributed by atoms with Crippen molar-refractivity contribution in [1.29, 1.82) is 0 Å². The zero-order valence-corrected chi connectivity index (χ0v) is 32.5. The zero-order chi connectivity index (χ0) is 37.1. The number of allylic oxidation sites excluding steroid dienone is 7. The van der Waals surface area contributed by atoms with Crippen LogP contribution in [0.25, 0.3) is 0 Å². The highest BCUT2D eigenvalue weighted by Crippen LogP contribution is 2.36. The lowest BCUT2D eigenvalue weighted by molar-refractivity contribution is -0.161. The molecule has 50 heavy (non-hydrogen) atoms. The average Bonchev–Trinajstić information content (AvgIpc) is 3.07. The van der Waals surface area contributed by atoms with Gasteiger partial charge in [0, 0.05) is 12.8 Å². The number of aliphatic hydroxyl groups excluding tert-OH is 1. The van der Waals surface area contributed by atoms with Gasteiger partial charge in [-0.25, -0.2) is 4.57 Å². The first-order valence-corrected chi connectivity index (χ1v) is 21.0. The summed E-state index contributed by atoms with van der Waals surface area (Å²) in [6.07, 6.45) is 35.8. The van der Waals surface area contributed by atoms with Crippen molar-refractivity contribution >= 4 is 19.8 Å². The van der Waals surface area contributed by atoms with Crippen molar-refractivity contribution in [2.24, 2.45) is 5.92 Å². The van der Waals surface area contributed by atoms with E-state index in [9.17, 15) is 19.3 Å². The highest BCUT2D eigenvalue weighted by Gasteiger charge is 2.23. The molecule has 1 unspecified atom stereocenters. The number of phosphoric ester groups is 1. The number of carbonyl (C=O) groups is 2. The number of unbranched alkanes of at least 4 members (excludes halogenated alkanes) is 12. The topological polar surface area (TPSA) is 140 Å². The number of hydrogen-bond acceptors (Lipinski definition) is 7. The normalized spacial score (nSPS) is 14.3. The van der Waals surface area contributed by atoms with E-state index >= 15 is 0 Å². The Labute approximate surface area is 304 Å². The third kappa shape index (κ3) is 35.8. The maximum Gasteiger partial charge on any atom is 0.469 e. The van der Waals surface area contributed by atoms with Crippen LogP contribution < -0.4 is 0 Å². The van der Waals surface area contributed by atoms with E-state index in [2.05, 4.69) is 49.6 Å². The van der Waals surface area contributed by atoms with Gasteiger partial charge in [-0.3, -0.25) is 14.1 Å². The van der Waals surface area contributed by atoms with Gasteiger partial charge < -0.3 is 24.4 Å². The second kappa shape index (κ2) is 34.1. The van der Waals surface area contributed by atoms with Crippen LogP contribution in [0.15, 0.2) is 48.6 Å². The highest BCUT2D eigenvalue weighted by molar-refractivity contribution is 7.46. The van der Waals surface area contributed by atoms with Crippen molar-refractivity contribution in [3.8, 4) is 0 Å². The van der Waals surface area contributed by atoms with Gasteiger partial charge in [-0.15, -0.1) is 0 Å². The van der Waals surface area contributed by atoms with Crippen molar-refractivity contribution in [2.45, 2.75) is 174 Å². The van der Waals surface area contributed by atoms with Crippen LogP contribution >= 0.6 is 7.82 Å². The number of rotatable bonds is 34.